The lowest BCUT2D eigenvalue weighted by Crippen LogP contribution is -2.18. The Kier molecular flexibility index (Phi) is 4.66. The van der Waals surface area contributed by atoms with Crippen molar-refractivity contribution in [2.24, 2.45) is 0 Å². The summed E-state index contributed by atoms with van der Waals surface area (Å²) in [5.74, 6) is 0.400. The molecule has 0 saturated carbocycles. The minimum absolute atomic E-state index is 0.0877. The van der Waals surface area contributed by atoms with Gasteiger partial charge < -0.3 is 14.5 Å². The highest BCUT2D eigenvalue weighted by Crippen LogP contribution is 2.31. The molecular weight excluding hydrogens is 358 g/mol. The largest absolute Gasteiger partial charge is 0.496 e. The number of H-pyrrole nitrogens is 1. The van der Waals surface area contributed by atoms with E-state index in [0.717, 1.165) is 5.52 Å². The maximum Gasteiger partial charge on any atom is 0.337 e. The van der Waals surface area contributed by atoms with Crippen molar-refractivity contribution in [2.75, 3.05) is 21.3 Å². The number of carbonyl (C=O) groups is 1. The van der Waals surface area contributed by atoms with Gasteiger partial charge in [-0.1, -0.05) is 0 Å². The van der Waals surface area contributed by atoms with Crippen molar-refractivity contribution >= 4 is 27.0 Å². The van der Waals surface area contributed by atoms with Gasteiger partial charge in [0.05, 0.1) is 41.3 Å². The third kappa shape index (κ3) is 3.14. The molecule has 2 aromatic carbocycles. The fraction of sp³-hybridized carbons (Fsp3) is 0.176. The number of fused-ring (bicyclic) bond motifs is 1. The molecule has 1 heterocycles. The number of methoxy groups -OCH3 is 2. The summed E-state index contributed by atoms with van der Waals surface area (Å²) in [7, 11) is 0.521. The Morgan fingerprint density at radius 1 is 1.15 bits per heavy atom. The first-order valence-electron chi connectivity index (χ1n) is 7.59. The first-order valence-corrected chi connectivity index (χ1v) is 9.08. The Balaban J connectivity index is 2.10. The molecule has 0 aliphatic rings. The van der Waals surface area contributed by atoms with Gasteiger partial charge in [-0.25, -0.2) is 22.9 Å². The summed E-state index contributed by atoms with van der Waals surface area (Å²) in [5, 5.41) is 0. The number of nitrogens with zero attached hydrogens (tertiary/aromatic N) is 1. The minimum Gasteiger partial charge on any atom is -0.496 e. The third-order valence-electron chi connectivity index (χ3n) is 3.91. The molecule has 136 valence electrons. The van der Waals surface area contributed by atoms with Gasteiger partial charge in [-0.05, 0) is 37.4 Å². The number of hydrogen-bond donors (Lipinski definition) is 2. The van der Waals surface area contributed by atoms with Gasteiger partial charge in [-0.15, -0.1) is 0 Å². The summed E-state index contributed by atoms with van der Waals surface area (Å²) >= 11 is 0. The van der Waals surface area contributed by atoms with Gasteiger partial charge in [0.15, 0.2) is 0 Å². The maximum atomic E-state index is 12.0. The van der Waals surface area contributed by atoms with Crippen LogP contribution in [0.2, 0.25) is 0 Å². The first-order chi connectivity index (χ1) is 12.4. The molecule has 0 atom stereocenters. The van der Waals surface area contributed by atoms with Crippen molar-refractivity contribution in [1.82, 2.24) is 14.7 Å². The lowest BCUT2D eigenvalue weighted by atomic mass is 10.2. The predicted molar refractivity (Wildman–Crippen MR) is 95.7 cm³/mol. The number of carbonyl (C=O) groups excluding carboxylic acids is 1. The highest BCUT2D eigenvalue weighted by atomic mass is 32.2. The lowest BCUT2D eigenvalue weighted by molar-refractivity contribution is 0.0601. The zero-order valence-electron chi connectivity index (χ0n) is 14.4. The molecule has 1 aromatic heterocycles. The molecule has 0 amide bonds. The zero-order valence-corrected chi connectivity index (χ0v) is 15.2. The molecule has 0 aliphatic carbocycles. The maximum absolute atomic E-state index is 12.0. The number of aromatic amines is 1. The second-order valence-corrected chi connectivity index (χ2v) is 7.27. The van der Waals surface area contributed by atoms with Gasteiger partial charge in [0, 0.05) is 6.07 Å². The average molecular weight is 375 g/mol. The molecule has 0 radical (unpaired) electrons. The molecule has 9 heteroatoms. The number of nitrogens with one attached hydrogen (secondary N) is 2. The molecule has 3 rings (SSSR count). The molecule has 0 saturated heterocycles. The van der Waals surface area contributed by atoms with Crippen molar-refractivity contribution < 1.29 is 22.7 Å². The summed E-state index contributed by atoms with van der Waals surface area (Å²) in [5.41, 5.74) is 2.29. The van der Waals surface area contributed by atoms with Gasteiger partial charge in [0.2, 0.25) is 10.0 Å². The van der Waals surface area contributed by atoms with Gasteiger partial charge in [-0.3, -0.25) is 0 Å². The Hall–Kier alpha value is -2.91. The fourth-order valence-electron chi connectivity index (χ4n) is 2.53. The molecule has 0 bridgehead atoms. The standard InChI is InChI=1S/C17H17N3O5S/c1-18-26(22,23)11-5-6-12(15(9-11)24-2)16-19-13-7-4-10(17(21)25-3)8-14(13)20-16/h4-9,18H,1-3H3,(H,19,20). The number of aromatic nitrogens is 2. The van der Waals surface area contributed by atoms with Crippen LogP contribution in [0.3, 0.4) is 0 Å². The van der Waals surface area contributed by atoms with Crippen LogP contribution in [0.5, 0.6) is 5.75 Å². The Labute approximate surface area is 150 Å². The second-order valence-electron chi connectivity index (χ2n) is 5.38. The third-order valence-corrected chi connectivity index (χ3v) is 5.32. The van der Waals surface area contributed by atoms with E-state index in [1.807, 2.05) is 0 Å². The molecule has 0 fully saturated rings. The Morgan fingerprint density at radius 3 is 2.58 bits per heavy atom. The van der Waals surface area contributed by atoms with Gasteiger partial charge >= 0.3 is 5.97 Å². The van der Waals surface area contributed by atoms with Crippen LogP contribution in [0.1, 0.15) is 10.4 Å². The Morgan fingerprint density at radius 2 is 1.92 bits per heavy atom. The van der Waals surface area contributed by atoms with Crippen molar-refractivity contribution in [3.05, 3.63) is 42.0 Å². The molecule has 0 spiro atoms. The summed E-state index contributed by atoms with van der Waals surface area (Å²) < 4.78 is 36.2. The van der Waals surface area contributed by atoms with E-state index in [0.29, 0.717) is 28.2 Å². The molecule has 0 aliphatic heterocycles. The number of esters is 1. The number of sulfonamides is 1. The van der Waals surface area contributed by atoms with Crippen LogP contribution < -0.4 is 9.46 Å². The number of rotatable bonds is 5. The highest BCUT2D eigenvalue weighted by molar-refractivity contribution is 7.89. The zero-order chi connectivity index (χ0) is 18.9. The van der Waals surface area contributed by atoms with Crippen LogP contribution in [0, 0.1) is 0 Å². The van der Waals surface area contributed by atoms with Crippen molar-refractivity contribution in [1.29, 1.82) is 0 Å². The molecule has 2 N–H and O–H groups in total. The van der Waals surface area contributed by atoms with E-state index in [9.17, 15) is 13.2 Å². The molecule has 3 aromatic rings. The first kappa shape index (κ1) is 17.9. The summed E-state index contributed by atoms with van der Waals surface area (Å²) in [6.45, 7) is 0. The van der Waals surface area contributed by atoms with Crippen molar-refractivity contribution in [3.63, 3.8) is 0 Å². The van der Waals surface area contributed by atoms with Crippen LogP contribution in [-0.2, 0) is 14.8 Å². The van der Waals surface area contributed by atoms with Gasteiger partial charge in [-0.2, -0.15) is 0 Å². The van der Waals surface area contributed by atoms with E-state index in [1.54, 1.807) is 24.3 Å². The van der Waals surface area contributed by atoms with Gasteiger partial charge in [0.25, 0.3) is 0 Å². The quantitative estimate of drug-likeness (QED) is 0.660. The number of benzene rings is 2. The average Bonchev–Trinajstić information content (AvgIpc) is 3.09. The number of hydrogen-bond acceptors (Lipinski definition) is 6. The van der Waals surface area contributed by atoms with E-state index in [-0.39, 0.29) is 4.90 Å². The van der Waals surface area contributed by atoms with Crippen LogP contribution in [0.4, 0.5) is 0 Å². The molecular formula is C17H17N3O5S. The molecule has 8 nitrogen and oxygen atoms in total. The van der Waals surface area contributed by atoms with E-state index < -0.39 is 16.0 Å². The van der Waals surface area contributed by atoms with E-state index in [4.69, 9.17) is 9.47 Å². The molecule has 26 heavy (non-hydrogen) atoms. The normalized spacial score (nSPS) is 11.5. The summed E-state index contributed by atoms with van der Waals surface area (Å²) in [4.78, 5) is 19.3. The van der Waals surface area contributed by atoms with Gasteiger partial charge in [0.1, 0.15) is 11.6 Å². The van der Waals surface area contributed by atoms with E-state index >= 15 is 0 Å². The smallest absolute Gasteiger partial charge is 0.337 e. The lowest BCUT2D eigenvalue weighted by Gasteiger charge is -2.09. The second kappa shape index (κ2) is 6.77. The molecule has 0 unspecified atom stereocenters. The highest BCUT2D eigenvalue weighted by Gasteiger charge is 2.17. The summed E-state index contributed by atoms with van der Waals surface area (Å²) in [6.07, 6.45) is 0. The van der Waals surface area contributed by atoms with Crippen LogP contribution in [0.15, 0.2) is 41.3 Å². The monoisotopic (exact) mass is 375 g/mol. The topological polar surface area (TPSA) is 110 Å². The SMILES string of the molecule is CNS(=O)(=O)c1ccc(-c2nc3cc(C(=O)OC)ccc3[nH]2)c(OC)c1. The fourth-order valence-corrected chi connectivity index (χ4v) is 3.28. The van der Waals surface area contributed by atoms with Crippen LogP contribution in [0.25, 0.3) is 22.4 Å². The van der Waals surface area contributed by atoms with Crippen molar-refractivity contribution in [2.45, 2.75) is 4.90 Å². The van der Waals surface area contributed by atoms with Crippen molar-refractivity contribution in [3.8, 4) is 17.1 Å². The van der Waals surface area contributed by atoms with E-state index in [2.05, 4.69) is 14.7 Å². The van der Waals surface area contributed by atoms with E-state index in [1.165, 1.54) is 33.4 Å². The van der Waals surface area contributed by atoms with Crippen LogP contribution in [-0.4, -0.2) is 45.6 Å². The Bertz CT molecular complexity index is 1090. The minimum atomic E-state index is -3.58. The predicted octanol–water partition coefficient (Wildman–Crippen LogP) is 1.93. The number of ether oxygens (including phenoxy) is 2. The van der Waals surface area contributed by atoms with Crippen LogP contribution >= 0.6 is 0 Å². The summed E-state index contributed by atoms with van der Waals surface area (Å²) in [6, 6.07) is 9.49. The number of imidazole rings is 1.